The van der Waals surface area contributed by atoms with E-state index in [-0.39, 0.29) is 0 Å². The molecule has 0 radical (unpaired) electrons. The van der Waals surface area contributed by atoms with Gasteiger partial charge in [-0.2, -0.15) is 0 Å². The monoisotopic (exact) mass is 222 g/mol. The van der Waals surface area contributed by atoms with Crippen LogP contribution in [-0.4, -0.2) is 32.1 Å². The van der Waals surface area contributed by atoms with Crippen molar-refractivity contribution in [1.29, 1.82) is 0 Å². The Kier molecular flexibility index (Phi) is 9.75. The minimum absolute atomic E-state index is 0.500. The Hall–Kier alpha value is -0.120. The van der Waals surface area contributed by atoms with Crippen molar-refractivity contribution in [2.45, 2.75) is 79.1 Å². The highest BCUT2D eigenvalue weighted by atomic mass is 16.3. The zero-order valence-electron chi connectivity index (χ0n) is 11.8. The second kappa shape index (κ2) is 7.20. The van der Waals surface area contributed by atoms with Gasteiger partial charge < -0.3 is 15.3 Å². The summed E-state index contributed by atoms with van der Waals surface area (Å²) in [5.74, 6) is 0. The number of aliphatic hydroxyl groups is 3. The van der Waals surface area contributed by atoms with Crippen LogP contribution in [0, 0.1) is 0 Å². The van der Waals surface area contributed by atoms with E-state index < -0.39 is 16.8 Å². The summed E-state index contributed by atoms with van der Waals surface area (Å²) in [6.07, 6.45) is 0. The van der Waals surface area contributed by atoms with Crippen LogP contribution in [0.3, 0.4) is 0 Å². The maximum Gasteiger partial charge on any atom is 0.0563 e. The van der Waals surface area contributed by atoms with Crippen LogP contribution in [0.25, 0.3) is 0 Å². The highest BCUT2D eigenvalue weighted by Gasteiger charge is 1.98. The van der Waals surface area contributed by atoms with Crippen molar-refractivity contribution in [3.63, 3.8) is 0 Å². The Labute approximate surface area is 95.1 Å². The molecule has 0 unspecified atom stereocenters. The zero-order valence-corrected chi connectivity index (χ0v) is 11.8. The Morgan fingerprint density at radius 1 is 0.400 bits per heavy atom. The minimum atomic E-state index is -0.500. The summed E-state index contributed by atoms with van der Waals surface area (Å²) < 4.78 is 0. The fraction of sp³-hybridized carbons (Fsp3) is 1.00. The summed E-state index contributed by atoms with van der Waals surface area (Å²) in [6, 6.07) is 0. The van der Waals surface area contributed by atoms with Gasteiger partial charge in [0.05, 0.1) is 16.8 Å². The molecule has 15 heavy (non-hydrogen) atoms. The zero-order chi connectivity index (χ0) is 13.5. The van der Waals surface area contributed by atoms with Crippen LogP contribution in [0.15, 0.2) is 0 Å². The van der Waals surface area contributed by atoms with E-state index in [1.54, 1.807) is 62.3 Å². The third kappa shape index (κ3) is 136000. The van der Waals surface area contributed by atoms with E-state index in [0.717, 1.165) is 0 Å². The summed E-state index contributed by atoms with van der Waals surface area (Å²) in [4.78, 5) is 0. The summed E-state index contributed by atoms with van der Waals surface area (Å²) >= 11 is 0. The maximum atomic E-state index is 8.52. The fourth-order valence-corrected chi connectivity index (χ4v) is 0. The molecule has 0 amide bonds. The molecular weight excluding hydrogens is 192 g/mol. The maximum absolute atomic E-state index is 8.52. The van der Waals surface area contributed by atoms with Crippen LogP contribution in [0.1, 0.15) is 62.3 Å². The molecule has 0 aliphatic rings. The highest BCUT2D eigenvalue weighted by molar-refractivity contribution is 4.51. The van der Waals surface area contributed by atoms with Gasteiger partial charge in [0.25, 0.3) is 0 Å². The molecule has 0 heterocycles. The van der Waals surface area contributed by atoms with Crippen LogP contribution < -0.4 is 0 Å². The van der Waals surface area contributed by atoms with Crippen molar-refractivity contribution in [2.24, 2.45) is 0 Å². The van der Waals surface area contributed by atoms with Gasteiger partial charge in [-0.05, 0) is 62.3 Å². The lowest BCUT2D eigenvalue weighted by molar-refractivity contribution is 0.101. The predicted octanol–water partition coefficient (Wildman–Crippen LogP) is 2.33. The first kappa shape index (κ1) is 20.3. The third-order valence-corrected chi connectivity index (χ3v) is 0. The summed E-state index contributed by atoms with van der Waals surface area (Å²) in [7, 11) is 0. The molecule has 0 spiro atoms. The SMILES string of the molecule is CC(C)(C)O.CC(C)(C)O.CC(C)(C)O. The van der Waals surface area contributed by atoms with Crippen LogP contribution in [0.4, 0.5) is 0 Å². The topological polar surface area (TPSA) is 60.7 Å². The second-order valence-electron chi connectivity index (χ2n) is 6.51. The molecule has 0 fully saturated rings. The highest BCUT2D eigenvalue weighted by Crippen LogP contribution is 1.94. The van der Waals surface area contributed by atoms with E-state index >= 15 is 0 Å². The molecule has 0 atom stereocenters. The van der Waals surface area contributed by atoms with Gasteiger partial charge in [-0.3, -0.25) is 0 Å². The molecule has 0 saturated heterocycles. The molecule has 0 saturated carbocycles. The van der Waals surface area contributed by atoms with Gasteiger partial charge >= 0.3 is 0 Å². The first-order chi connectivity index (χ1) is 6.00. The third-order valence-electron chi connectivity index (χ3n) is 0. The van der Waals surface area contributed by atoms with E-state index in [4.69, 9.17) is 15.3 Å². The molecule has 3 heteroatoms. The Morgan fingerprint density at radius 2 is 0.400 bits per heavy atom. The molecule has 3 N–H and O–H groups in total. The van der Waals surface area contributed by atoms with E-state index in [9.17, 15) is 0 Å². The minimum Gasteiger partial charge on any atom is -0.391 e. The van der Waals surface area contributed by atoms with E-state index in [1.807, 2.05) is 0 Å². The van der Waals surface area contributed by atoms with Gasteiger partial charge in [0.15, 0.2) is 0 Å². The summed E-state index contributed by atoms with van der Waals surface area (Å²) in [5, 5.41) is 25.6. The van der Waals surface area contributed by atoms with Gasteiger partial charge in [-0.1, -0.05) is 0 Å². The normalized spacial score (nSPS) is 12.0. The van der Waals surface area contributed by atoms with Crippen molar-refractivity contribution in [2.75, 3.05) is 0 Å². The number of hydrogen-bond acceptors (Lipinski definition) is 3. The fourth-order valence-electron chi connectivity index (χ4n) is 0. The molecule has 0 aliphatic heterocycles. The molecule has 0 bridgehead atoms. The Morgan fingerprint density at radius 3 is 0.400 bits per heavy atom. The van der Waals surface area contributed by atoms with Crippen molar-refractivity contribution < 1.29 is 15.3 Å². The first-order valence-electron chi connectivity index (χ1n) is 5.17. The lowest BCUT2D eigenvalue weighted by atomic mass is 10.2. The van der Waals surface area contributed by atoms with Gasteiger partial charge in [-0.25, -0.2) is 0 Å². The lowest BCUT2D eigenvalue weighted by Crippen LogP contribution is -2.10. The Balaban J connectivity index is -0.000000144. The van der Waals surface area contributed by atoms with Gasteiger partial charge in [0, 0.05) is 0 Å². The molecule has 96 valence electrons. The Bertz CT molecular complexity index is 85.9. The van der Waals surface area contributed by atoms with Crippen LogP contribution in [0.5, 0.6) is 0 Å². The van der Waals surface area contributed by atoms with Crippen LogP contribution in [-0.2, 0) is 0 Å². The lowest BCUT2D eigenvalue weighted by Gasteiger charge is -2.04. The number of rotatable bonds is 0. The number of hydrogen-bond donors (Lipinski definition) is 3. The van der Waals surface area contributed by atoms with Crippen LogP contribution >= 0.6 is 0 Å². The quantitative estimate of drug-likeness (QED) is 0.589. The molecule has 0 rings (SSSR count). The van der Waals surface area contributed by atoms with E-state index in [1.165, 1.54) is 0 Å². The second-order valence-corrected chi connectivity index (χ2v) is 6.51. The van der Waals surface area contributed by atoms with E-state index in [0.29, 0.717) is 0 Å². The standard InChI is InChI=1S/3C4H10O/c3*1-4(2,3)5/h3*5H,1-3H3. The average Bonchev–Trinajstić information content (AvgIpc) is 1.41. The van der Waals surface area contributed by atoms with Crippen molar-refractivity contribution >= 4 is 0 Å². The summed E-state index contributed by atoms with van der Waals surface area (Å²) in [6.45, 7) is 15.7. The van der Waals surface area contributed by atoms with Crippen LogP contribution in [0.2, 0.25) is 0 Å². The molecule has 0 aromatic carbocycles. The molecular formula is C12H30O3. The molecule has 3 nitrogen and oxygen atoms in total. The van der Waals surface area contributed by atoms with E-state index in [2.05, 4.69) is 0 Å². The molecule has 0 aromatic heterocycles. The summed E-state index contributed by atoms with van der Waals surface area (Å²) in [5.41, 5.74) is -1.50. The van der Waals surface area contributed by atoms with Crippen molar-refractivity contribution in [3.05, 3.63) is 0 Å². The first-order valence-corrected chi connectivity index (χ1v) is 5.17. The molecule has 0 aliphatic carbocycles. The van der Waals surface area contributed by atoms with Crippen molar-refractivity contribution in [1.82, 2.24) is 0 Å². The van der Waals surface area contributed by atoms with Gasteiger partial charge in [0.1, 0.15) is 0 Å². The predicted molar refractivity (Wildman–Crippen MR) is 65.9 cm³/mol. The smallest absolute Gasteiger partial charge is 0.0563 e. The van der Waals surface area contributed by atoms with Gasteiger partial charge in [-0.15, -0.1) is 0 Å². The van der Waals surface area contributed by atoms with Crippen molar-refractivity contribution in [3.8, 4) is 0 Å². The largest absolute Gasteiger partial charge is 0.391 e. The van der Waals surface area contributed by atoms with Gasteiger partial charge in [0.2, 0.25) is 0 Å². The average molecular weight is 222 g/mol. The molecule has 0 aromatic rings.